The molecule has 7 nitrogen and oxygen atoms in total. The Balaban J connectivity index is 1.48. The third-order valence-electron chi connectivity index (χ3n) is 4.04. The van der Waals surface area contributed by atoms with Crippen LogP contribution in [0.2, 0.25) is 0 Å². The average molecular weight is 321 g/mol. The van der Waals surface area contributed by atoms with Gasteiger partial charge in [-0.1, -0.05) is 0 Å². The molecule has 3 rings (SSSR count). The molecule has 2 saturated heterocycles. The number of ether oxygens (including phenoxy) is 2. The van der Waals surface area contributed by atoms with Crippen LogP contribution in [0.15, 0.2) is 21.7 Å². The first-order valence-electron chi connectivity index (χ1n) is 8.09. The maximum atomic E-state index is 11.8. The van der Waals surface area contributed by atoms with Crippen molar-refractivity contribution in [3.63, 3.8) is 0 Å². The Hall–Kier alpha value is -1.86. The van der Waals surface area contributed by atoms with Crippen LogP contribution in [-0.2, 0) is 14.3 Å². The first-order chi connectivity index (χ1) is 11.1. The fourth-order valence-electron chi connectivity index (χ4n) is 2.85. The average Bonchev–Trinajstić information content (AvgIpc) is 3.18. The summed E-state index contributed by atoms with van der Waals surface area (Å²) in [6, 6.07) is 3.79. The third-order valence-corrected chi connectivity index (χ3v) is 4.04. The molecule has 126 valence electrons. The first kappa shape index (κ1) is 16.0. The minimum absolute atomic E-state index is 0.113. The van der Waals surface area contributed by atoms with Crippen molar-refractivity contribution < 1.29 is 18.7 Å². The van der Waals surface area contributed by atoms with Gasteiger partial charge in [0.2, 0.25) is 5.91 Å². The number of hydrazone groups is 1. The van der Waals surface area contributed by atoms with Gasteiger partial charge in [0.05, 0.1) is 25.8 Å². The van der Waals surface area contributed by atoms with Crippen molar-refractivity contribution in [1.29, 1.82) is 0 Å². The van der Waals surface area contributed by atoms with Gasteiger partial charge in [0.15, 0.2) is 11.7 Å². The number of rotatable bonds is 5. The van der Waals surface area contributed by atoms with E-state index in [1.54, 1.807) is 6.92 Å². The molecule has 1 aromatic heterocycles. The maximum absolute atomic E-state index is 11.8. The Kier molecular flexibility index (Phi) is 4.97. The molecule has 0 bridgehead atoms. The van der Waals surface area contributed by atoms with E-state index in [4.69, 9.17) is 13.9 Å². The molecule has 0 atom stereocenters. The largest absolute Gasteiger partial charge is 0.440 e. The van der Waals surface area contributed by atoms with Gasteiger partial charge in [-0.05, 0) is 32.3 Å². The lowest BCUT2D eigenvalue weighted by molar-refractivity contribution is -0.159. The van der Waals surface area contributed by atoms with Crippen LogP contribution in [0.25, 0.3) is 0 Å². The molecule has 0 saturated carbocycles. The number of piperidine rings is 1. The van der Waals surface area contributed by atoms with Crippen molar-refractivity contribution in [3.05, 3.63) is 17.9 Å². The SMILES string of the molecule is CC1(CC(=O)N/N=C\c2ccc(N3CCCCC3)o2)OCCO1. The summed E-state index contributed by atoms with van der Waals surface area (Å²) in [5.41, 5.74) is 2.47. The van der Waals surface area contributed by atoms with Crippen LogP contribution in [0, 0.1) is 0 Å². The number of hydrogen-bond donors (Lipinski definition) is 1. The highest BCUT2D eigenvalue weighted by molar-refractivity contribution is 5.81. The Morgan fingerprint density at radius 1 is 1.30 bits per heavy atom. The van der Waals surface area contributed by atoms with Crippen molar-refractivity contribution in [2.45, 2.75) is 38.4 Å². The Morgan fingerprint density at radius 3 is 2.78 bits per heavy atom. The summed E-state index contributed by atoms with van der Waals surface area (Å²) in [4.78, 5) is 14.1. The summed E-state index contributed by atoms with van der Waals surface area (Å²) >= 11 is 0. The van der Waals surface area contributed by atoms with Crippen molar-refractivity contribution in [3.8, 4) is 0 Å². The van der Waals surface area contributed by atoms with E-state index in [9.17, 15) is 4.79 Å². The summed E-state index contributed by atoms with van der Waals surface area (Å²) in [6.45, 7) is 4.83. The Bertz CT molecular complexity index is 557. The van der Waals surface area contributed by atoms with E-state index in [0.29, 0.717) is 19.0 Å². The summed E-state index contributed by atoms with van der Waals surface area (Å²) in [7, 11) is 0. The molecule has 0 aliphatic carbocycles. The summed E-state index contributed by atoms with van der Waals surface area (Å²) < 4.78 is 16.5. The van der Waals surface area contributed by atoms with Crippen molar-refractivity contribution in [2.24, 2.45) is 5.10 Å². The molecule has 2 aliphatic rings. The highest BCUT2D eigenvalue weighted by Crippen LogP contribution is 2.23. The highest BCUT2D eigenvalue weighted by atomic mass is 16.7. The zero-order valence-corrected chi connectivity index (χ0v) is 13.4. The minimum Gasteiger partial charge on any atom is -0.440 e. The summed E-state index contributed by atoms with van der Waals surface area (Å²) in [5, 5.41) is 3.93. The van der Waals surface area contributed by atoms with Gasteiger partial charge in [0, 0.05) is 19.2 Å². The monoisotopic (exact) mass is 321 g/mol. The zero-order valence-electron chi connectivity index (χ0n) is 13.4. The fraction of sp³-hybridized carbons (Fsp3) is 0.625. The van der Waals surface area contributed by atoms with Gasteiger partial charge in [-0.3, -0.25) is 4.79 Å². The van der Waals surface area contributed by atoms with Crippen LogP contribution in [0.5, 0.6) is 0 Å². The molecule has 0 spiro atoms. The second-order valence-corrected chi connectivity index (χ2v) is 6.02. The number of anilines is 1. The van der Waals surface area contributed by atoms with Crippen LogP contribution in [0.1, 0.15) is 38.4 Å². The molecule has 0 radical (unpaired) electrons. The second-order valence-electron chi connectivity index (χ2n) is 6.02. The van der Waals surface area contributed by atoms with Gasteiger partial charge in [-0.2, -0.15) is 5.10 Å². The molecule has 1 N–H and O–H groups in total. The van der Waals surface area contributed by atoms with Crippen LogP contribution in [0.3, 0.4) is 0 Å². The number of hydrogen-bond acceptors (Lipinski definition) is 6. The minimum atomic E-state index is -0.842. The maximum Gasteiger partial charge on any atom is 0.245 e. The number of amides is 1. The first-order valence-corrected chi connectivity index (χ1v) is 8.09. The number of nitrogens with zero attached hydrogens (tertiary/aromatic N) is 2. The number of carbonyl (C=O) groups is 1. The van der Waals surface area contributed by atoms with Gasteiger partial charge in [0.1, 0.15) is 5.76 Å². The van der Waals surface area contributed by atoms with E-state index < -0.39 is 5.79 Å². The fourth-order valence-corrected chi connectivity index (χ4v) is 2.85. The summed E-state index contributed by atoms with van der Waals surface area (Å²) in [6.07, 6.45) is 5.29. The second kappa shape index (κ2) is 7.14. The van der Waals surface area contributed by atoms with E-state index in [2.05, 4.69) is 15.4 Å². The van der Waals surface area contributed by atoms with Gasteiger partial charge in [-0.15, -0.1) is 0 Å². The topological polar surface area (TPSA) is 76.3 Å². The molecule has 0 aromatic carbocycles. The normalized spacial score (nSPS) is 21.0. The van der Waals surface area contributed by atoms with Crippen LogP contribution < -0.4 is 10.3 Å². The summed E-state index contributed by atoms with van der Waals surface area (Å²) in [5.74, 6) is 0.378. The lowest BCUT2D eigenvalue weighted by atomic mass is 10.1. The van der Waals surface area contributed by atoms with E-state index in [1.807, 2.05) is 12.1 Å². The standard InChI is InChI=1S/C16H23N3O4/c1-16(21-9-10-22-16)11-14(20)18-17-12-13-5-6-15(23-13)19-7-3-2-4-8-19/h5-6,12H,2-4,7-11H2,1H3,(H,18,20)/b17-12-. The van der Waals surface area contributed by atoms with E-state index in [1.165, 1.54) is 25.5 Å². The molecule has 7 heteroatoms. The molecule has 1 aromatic rings. The van der Waals surface area contributed by atoms with Crippen molar-refractivity contribution in [1.82, 2.24) is 5.43 Å². The van der Waals surface area contributed by atoms with Gasteiger partial charge >= 0.3 is 0 Å². The molecule has 2 aliphatic heterocycles. The zero-order chi connectivity index (χ0) is 16.1. The van der Waals surface area contributed by atoms with Gasteiger partial charge in [0.25, 0.3) is 0 Å². The Labute approximate surface area is 135 Å². The van der Waals surface area contributed by atoms with E-state index in [-0.39, 0.29) is 12.3 Å². The van der Waals surface area contributed by atoms with Crippen LogP contribution >= 0.6 is 0 Å². The predicted molar refractivity (Wildman–Crippen MR) is 85.4 cm³/mol. The third kappa shape index (κ3) is 4.33. The van der Waals surface area contributed by atoms with Crippen molar-refractivity contribution in [2.75, 3.05) is 31.2 Å². The quantitative estimate of drug-likeness (QED) is 0.662. The van der Waals surface area contributed by atoms with Crippen molar-refractivity contribution >= 4 is 18.0 Å². The number of furan rings is 1. The molecule has 1 amide bonds. The van der Waals surface area contributed by atoms with Crippen LogP contribution in [0.4, 0.5) is 5.88 Å². The number of carbonyl (C=O) groups excluding carboxylic acids is 1. The molecule has 2 fully saturated rings. The molecule has 23 heavy (non-hydrogen) atoms. The van der Waals surface area contributed by atoms with Gasteiger partial charge in [-0.25, -0.2) is 5.43 Å². The van der Waals surface area contributed by atoms with E-state index >= 15 is 0 Å². The molecule has 0 unspecified atom stereocenters. The molecule has 3 heterocycles. The Morgan fingerprint density at radius 2 is 2.04 bits per heavy atom. The highest BCUT2D eigenvalue weighted by Gasteiger charge is 2.33. The molecular weight excluding hydrogens is 298 g/mol. The van der Waals surface area contributed by atoms with Crippen LogP contribution in [-0.4, -0.2) is 44.2 Å². The smallest absolute Gasteiger partial charge is 0.245 e. The molecular formula is C16H23N3O4. The lowest BCUT2D eigenvalue weighted by Gasteiger charge is -2.25. The lowest BCUT2D eigenvalue weighted by Crippen LogP contribution is -2.33. The van der Waals surface area contributed by atoms with E-state index in [0.717, 1.165) is 19.0 Å². The number of nitrogens with one attached hydrogen (secondary N) is 1. The van der Waals surface area contributed by atoms with Gasteiger partial charge < -0.3 is 18.8 Å². The predicted octanol–water partition coefficient (Wildman–Crippen LogP) is 1.87.